The largest absolute Gasteiger partial charge is 0.353 e. The fourth-order valence-corrected chi connectivity index (χ4v) is 1.95. The van der Waals surface area contributed by atoms with Gasteiger partial charge in [-0.2, -0.15) is 0 Å². The summed E-state index contributed by atoms with van der Waals surface area (Å²) >= 11 is 2.19. The number of hydrogen-bond acceptors (Lipinski definition) is 2. The number of piperazine rings is 1. The standard InChI is InChI=1S/C11H11IN2O2/c12-9-3-1-8(2-4-9)11(16)14-6-5-13-10(15)7-14/h1-4H,5-7H2,(H,13,15). The minimum atomic E-state index is -0.0925. The lowest BCUT2D eigenvalue weighted by Crippen LogP contribution is -2.49. The van der Waals surface area contributed by atoms with E-state index in [0.29, 0.717) is 18.7 Å². The Bertz CT molecular complexity index is 416. The lowest BCUT2D eigenvalue weighted by Gasteiger charge is -2.26. The molecule has 1 aliphatic heterocycles. The topological polar surface area (TPSA) is 49.4 Å². The first-order valence-corrected chi connectivity index (χ1v) is 6.06. The maximum atomic E-state index is 12.0. The molecule has 5 heteroatoms. The fourth-order valence-electron chi connectivity index (χ4n) is 1.59. The van der Waals surface area contributed by atoms with Crippen molar-refractivity contribution in [1.29, 1.82) is 0 Å². The molecule has 1 heterocycles. The normalized spacial score (nSPS) is 15.8. The summed E-state index contributed by atoms with van der Waals surface area (Å²) in [6, 6.07) is 7.35. The number of nitrogens with zero attached hydrogens (tertiary/aromatic N) is 1. The monoisotopic (exact) mass is 330 g/mol. The van der Waals surface area contributed by atoms with Crippen LogP contribution in [0.25, 0.3) is 0 Å². The van der Waals surface area contributed by atoms with Crippen LogP contribution in [0.5, 0.6) is 0 Å². The number of amides is 2. The third kappa shape index (κ3) is 2.52. The van der Waals surface area contributed by atoms with Crippen LogP contribution in [0.15, 0.2) is 24.3 Å². The molecule has 0 bridgehead atoms. The Morgan fingerprint density at radius 1 is 1.31 bits per heavy atom. The quantitative estimate of drug-likeness (QED) is 0.777. The van der Waals surface area contributed by atoms with Gasteiger partial charge in [-0.15, -0.1) is 0 Å². The molecule has 2 rings (SSSR count). The van der Waals surface area contributed by atoms with Crippen molar-refractivity contribution in [3.8, 4) is 0 Å². The van der Waals surface area contributed by atoms with Crippen molar-refractivity contribution in [2.45, 2.75) is 0 Å². The van der Waals surface area contributed by atoms with Gasteiger partial charge in [0, 0.05) is 22.2 Å². The number of carbonyl (C=O) groups excluding carboxylic acids is 2. The van der Waals surface area contributed by atoms with Crippen molar-refractivity contribution in [3.63, 3.8) is 0 Å². The van der Waals surface area contributed by atoms with Crippen LogP contribution in [0, 0.1) is 3.57 Å². The predicted molar refractivity (Wildman–Crippen MR) is 68.1 cm³/mol. The number of rotatable bonds is 1. The minimum Gasteiger partial charge on any atom is -0.353 e. The van der Waals surface area contributed by atoms with E-state index in [1.54, 1.807) is 17.0 Å². The van der Waals surface area contributed by atoms with E-state index in [4.69, 9.17) is 0 Å². The summed E-state index contributed by atoms with van der Waals surface area (Å²) in [5, 5.41) is 2.69. The van der Waals surface area contributed by atoms with Crippen LogP contribution < -0.4 is 5.32 Å². The lowest BCUT2D eigenvalue weighted by atomic mass is 10.2. The molecule has 4 nitrogen and oxygen atoms in total. The molecule has 0 spiro atoms. The second-order valence-corrected chi connectivity index (χ2v) is 4.83. The molecule has 0 unspecified atom stereocenters. The predicted octanol–water partition coefficient (Wildman–Crippen LogP) is 0.863. The summed E-state index contributed by atoms with van der Waals surface area (Å²) in [6.45, 7) is 1.27. The van der Waals surface area contributed by atoms with E-state index in [0.717, 1.165) is 3.57 Å². The molecule has 1 aromatic carbocycles. The minimum absolute atomic E-state index is 0.0775. The van der Waals surface area contributed by atoms with Crippen LogP contribution in [0.2, 0.25) is 0 Å². The number of nitrogens with one attached hydrogen (secondary N) is 1. The van der Waals surface area contributed by atoms with Gasteiger partial charge in [0.05, 0.1) is 6.54 Å². The molecular weight excluding hydrogens is 319 g/mol. The van der Waals surface area contributed by atoms with E-state index in [1.807, 2.05) is 12.1 Å². The SMILES string of the molecule is O=C1CN(C(=O)c2ccc(I)cc2)CCN1. The third-order valence-corrected chi connectivity index (χ3v) is 3.14. The van der Waals surface area contributed by atoms with Gasteiger partial charge in [-0.3, -0.25) is 9.59 Å². The molecule has 1 aromatic rings. The number of halogens is 1. The van der Waals surface area contributed by atoms with Crippen LogP contribution in [0.4, 0.5) is 0 Å². The Morgan fingerprint density at radius 3 is 2.62 bits per heavy atom. The summed E-state index contributed by atoms with van der Waals surface area (Å²) in [5.74, 6) is -0.170. The molecule has 0 saturated carbocycles. The van der Waals surface area contributed by atoms with Gasteiger partial charge in [-0.05, 0) is 46.9 Å². The van der Waals surface area contributed by atoms with Crippen molar-refractivity contribution in [2.75, 3.05) is 19.6 Å². The van der Waals surface area contributed by atoms with E-state index in [-0.39, 0.29) is 18.4 Å². The van der Waals surface area contributed by atoms with Crippen LogP contribution in [-0.4, -0.2) is 36.3 Å². The smallest absolute Gasteiger partial charge is 0.254 e. The Labute approximate surface area is 107 Å². The van der Waals surface area contributed by atoms with Crippen molar-refractivity contribution in [2.24, 2.45) is 0 Å². The van der Waals surface area contributed by atoms with Gasteiger partial charge in [0.2, 0.25) is 5.91 Å². The molecule has 84 valence electrons. The highest BCUT2D eigenvalue weighted by atomic mass is 127. The molecule has 1 fully saturated rings. The van der Waals surface area contributed by atoms with Crippen LogP contribution in [0.3, 0.4) is 0 Å². The molecule has 1 N–H and O–H groups in total. The Hall–Kier alpha value is -1.11. The maximum absolute atomic E-state index is 12.0. The second-order valence-electron chi connectivity index (χ2n) is 3.58. The molecule has 0 aromatic heterocycles. The summed E-state index contributed by atoms with van der Waals surface area (Å²) in [6.07, 6.45) is 0. The Kier molecular flexibility index (Phi) is 3.42. The highest BCUT2D eigenvalue weighted by molar-refractivity contribution is 14.1. The van der Waals surface area contributed by atoms with E-state index in [9.17, 15) is 9.59 Å². The zero-order chi connectivity index (χ0) is 11.5. The molecule has 0 radical (unpaired) electrons. The summed E-state index contributed by atoms with van der Waals surface area (Å²) in [5.41, 5.74) is 0.634. The molecule has 2 amide bonds. The van der Waals surface area contributed by atoms with Gasteiger partial charge < -0.3 is 10.2 Å². The Balaban J connectivity index is 2.12. The first-order chi connectivity index (χ1) is 7.66. The highest BCUT2D eigenvalue weighted by Crippen LogP contribution is 2.10. The first-order valence-electron chi connectivity index (χ1n) is 4.98. The second kappa shape index (κ2) is 4.82. The molecular formula is C11H11IN2O2. The van der Waals surface area contributed by atoms with Gasteiger partial charge >= 0.3 is 0 Å². The van der Waals surface area contributed by atoms with E-state index >= 15 is 0 Å². The lowest BCUT2D eigenvalue weighted by molar-refractivity contribution is -0.123. The van der Waals surface area contributed by atoms with Crippen molar-refractivity contribution < 1.29 is 9.59 Å². The summed E-state index contributed by atoms with van der Waals surface area (Å²) < 4.78 is 1.09. The molecule has 16 heavy (non-hydrogen) atoms. The molecule has 0 aliphatic carbocycles. The Morgan fingerprint density at radius 2 is 2.00 bits per heavy atom. The van der Waals surface area contributed by atoms with Crippen LogP contribution in [-0.2, 0) is 4.79 Å². The van der Waals surface area contributed by atoms with Gasteiger partial charge in [-0.25, -0.2) is 0 Å². The van der Waals surface area contributed by atoms with Gasteiger partial charge in [0.25, 0.3) is 5.91 Å². The third-order valence-electron chi connectivity index (χ3n) is 2.42. The number of carbonyl (C=O) groups is 2. The fraction of sp³-hybridized carbons (Fsp3) is 0.273. The van der Waals surface area contributed by atoms with E-state index in [2.05, 4.69) is 27.9 Å². The van der Waals surface area contributed by atoms with Crippen molar-refractivity contribution in [3.05, 3.63) is 33.4 Å². The highest BCUT2D eigenvalue weighted by Gasteiger charge is 2.21. The number of hydrogen-bond donors (Lipinski definition) is 1. The maximum Gasteiger partial charge on any atom is 0.254 e. The number of benzene rings is 1. The molecule has 0 atom stereocenters. The summed E-state index contributed by atoms with van der Waals surface area (Å²) in [7, 11) is 0. The van der Waals surface area contributed by atoms with Crippen LogP contribution >= 0.6 is 22.6 Å². The van der Waals surface area contributed by atoms with Crippen LogP contribution in [0.1, 0.15) is 10.4 Å². The summed E-state index contributed by atoms with van der Waals surface area (Å²) in [4.78, 5) is 24.7. The van der Waals surface area contributed by atoms with Crippen molar-refractivity contribution >= 4 is 34.4 Å². The first kappa shape index (κ1) is 11.4. The van der Waals surface area contributed by atoms with Crippen molar-refractivity contribution in [1.82, 2.24) is 10.2 Å². The average molecular weight is 330 g/mol. The van der Waals surface area contributed by atoms with E-state index < -0.39 is 0 Å². The van der Waals surface area contributed by atoms with Gasteiger partial charge in [0.15, 0.2) is 0 Å². The average Bonchev–Trinajstić information content (AvgIpc) is 2.29. The van der Waals surface area contributed by atoms with Gasteiger partial charge in [-0.1, -0.05) is 0 Å². The zero-order valence-electron chi connectivity index (χ0n) is 8.57. The van der Waals surface area contributed by atoms with E-state index in [1.165, 1.54) is 0 Å². The molecule has 1 aliphatic rings. The zero-order valence-corrected chi connectivity index (χ0v) is 10.7. The van der Waals surface area contributed by atoms with Gasteiger partial charge in [0.1, 0.15) is 0 Å². The molecule has 1 saturated heterocycles.